The van der Waals surface area contributed by atoms with Gasteiger partial charge in [-0.15, -0.1) is 0 Å². The molecular weight excluding hydrogens is 326 g/mol. The minimum atomic E-state index is -2.28. The normalized spacial score (nSPS) is 25.2. The Morgan fingerprint density at radius 2 is 1.81 bits per heavy atom. The van der Waals surface area contributed by atoms with Gasteiger partial charge in [-0.1, -0.05) is 17.3 Å². The fourth-order valence-electron chi connectivity index (χ4n) is 3.06. The van der Waals surface area contributed by atoms with Gasteiger partial charge in [-0.05, 0) is 18.2 Å². The van der Waals surface area contributed by atoms with E-state index in [1.807, 2.05) is 5.32 Å². The molecule has 7 nitrogen and oxygen atoms in total. The average molecular weight is 335 g/mol. The Bertz CT molecular complexity index is 1040. The number of hydrogen-bond donors (Lipinski definition) is 2. The summed E-state index contributed by atoms with van der Waals surface area (Å²) in [5, 5.41) is -0.307. The number of benzene rings is 1. The van der Waals surface area contributed by atoms with E-state index in [9.17, 15) is 14.4 Å². The van der Waals surface area contributed by atoms with Crippen LogP contribution in [0, 0.1) is 6.92 Å². The molecule has 1 aromatic heterocycles. The maximum Gasteiger partial charge on any atom is 0.263 e. The van der Waals surface area contributed by atoms with Crippen molar-refractivity contribution in [3.05, 3.63) is 28.3 Å². The number of nitrogen functional groups attached to an aromatic ring is 1. The van der Waals surface area contributed by atoms with Gasteiger partial charge in [0.25, 0.3) is 5.56 Å². The summed E-state index contributed by atoms with van der Waals surface area (Å²) in [7, 11) is 29.4. The quantitative estimate of drug-likeness (QED) is 0.327. The van der Waals surface area contributed by atoms with Crippen LogP contribution in [0.2, 0.25) is 11.0 Å². The highest BCUT2D eigenvalue weighted by Gasteiger charge is 2.54. The molecule has 118 valence electrons. The molecule has 2 unspecified atom stereocenters. The van der Waals surface area contributed by atoms with Crippen molar-refractivity contribution in [1.82, 2.24) is 14.9 Å². The first kappa shape index (κ1) is 18.4. The van der Waals surface area contributed by atoms with Crippen LogP contribution in [0.25, 0.3) is 10.9 Å². The Labute approximate surface area is 155 Å². The standard InChI is InChI=1S/C14H9B5N4O3/c1-4-21-6-3-2-5(15)8(20)7(6)9(24)23(4)14(19)10(16)13(17,18)11(25)22-12(14)26/h2-3,10H,20H2,1H3,(H,22,25,26). The number of nitrogens with two attached hydrogens (primary N) is 1. The van der Waals surface area contributed by atoms with Crippen molar-refractivity contribution in [3.8, 4) is 0 Å². The zero-order chi connectivity index (χ0) is 19.6. The monoisotopic (exact) mass is 336 g/mol. The molecule has 2 amide bonds. The van der Waals surface area contributed by atoms with Crippen molar-refractivity contribution >= 4 is 73.1 Å². The van der Waals surface area contributed by atoms with Crippen LogP contribution in [0.5, 0.6) is 0 Å². The summed E-state index contributed by atoms with van der Waals surface area (Å²) >= 11 is 0. The first-order valence-electron chi connectivity index (χ1n) is 7.50. The Kier molecular flexibility index (Phi) is 3.94. The predicted octanol–water partition coefficient (Wildman–Crippen LogP) is -3.03. The van der Waals surface area contributed by atoms with Gasteiger partial charge in [0.15, 0.2) is 0 Å². The molecule has 1 aliphatic heterocycles. The van der Waals surface area contributed by atoms with Gasteiger partial charge in [0.05, 0.1) is 39.9 Å². The Balaban J connectivity index is 2.41. The highest BCUT2D eigenvalue weighted by Crippen LogP contribution is 2.45. The molecule has 3 N–H and O–H groups in total. The van der Waals surface area contributed by atoms with Gasteiger partial charge in [-0.3, -0.25) is 24.3 Å². The second-order valence-electron chi connectivity index (χ2n) is 6.28. The van der Waals surface area contributed by atoms with E-state index in [-0.39, 0.29) is 27.9 Å². The van der Waals surface area contributed by atoms with Crippen molar-refractivity contribution in [2.24, 2.45) is 0 Å². The van der Waals surface area contributed by atoms with Gasteiger partial charge >= 0.3 is 0 Å². The van der Waals surface area contributed by atoms with Crippen LogP contribution in [0.1, 0.15) is 5.82 Å². The van der Waals surface area contributed by atoms with E-state index in [2.05, 4.69) is 4.98 Å². The van der Waals surface area contributed by atoms with Gasteiger partial charge in [0, 0.05) is 5.69 Å². The van der Waals surface area contributed by atoms with Crippen LogP contribution >= 0.6 is 0 Å². The van der Waals surface area contributed by atoms with E-state index >= 15 is 0 Å². The molecule has 2 atom stereocenters. The maximum atomic E-state index is 13.1. The molecule has 1 aliphatic rings. The molecule has 12 heteroatoms. The number of aromatic nitrogens is 2. The largest absolute Gasteiger partial charge is 0.398 e. The van der Waals surface area contributed by atoms with Gasteiger partial charge < -0.3 is 5.73 Å². The van der Waals surface area contributed by atoms with E-state index in [1.165, 1.54) is 19.1 Å². The Hall–Kier alpha value is -2.38. The lowest BCUT2D eigenvalue weighted by Crippen LogP contribution is -2.66. The van der Waals surface area contributed by atoms with E-state index < -0.39 is 33.8 Å². The van der Waals surface area contributed by atoms with E-state index in [1.54, 1.807) is 0 Å². The molecule has 0 spiro atoms. The van der Waals surface area contributed by atoms with E-state index in [0.717, 1.165) is 4.57 Å². The first-order chi connectivity index (χ1) is 11.9. The number of hydrogen-bond acceptors (Lipinski definition) is 5. The van der Waals surface area contributed by atoms with Crippen molar-refractivity contribution in [3.63, 3.8) is 0 Å². The van der Waals surface area contributed by atoms with Gasteiger partial charge in [-0.2, -0.15) is 0 Å². The lowest BCUT2D eigenvalue weighted by Gasteiger charge is -2.49. The number of nitrogens with one attached hydrogen (secondary N) is 1. The van der Waals surface area contributed by atoms with Crippen molar-refractivity contribution in [2.75, 3.05) is 5.73 Å². The highest BCUT2D eigenvalue weighted by atomic mass is 16.2. The fraction of sp³-hybridized carbons (Fsp3) is 0.286. The molecule has 26 heavy (non-hydrogen) atoms. The second-order valence-corrected chi connectivity index (χ2v) is 6.28. The molecule has 1 aromatic carbocycles. The number of nitrogens with zero attached hydrogens (tertiary/aromatic N) is 2. The van der Waals surface area contributed by atoms with Crippen LogP contribution in [-0.4, -0.2) is 60.6 Å². The summed E-state index contributed by atoms with van der Waals surface area (Å²) in [5.74, 6) is -3.64. The van der Waals surface area contributed by atoms with Gasteiger partial charge in [0.2, 0.25) is 11.8 Å². The minimum absolute atomic E-state index is 0.0232. The molecular formula is C14H9B5N4O3. The van der Waals surface area contributed by atoms with Gasteiger partial charge in [-0.25, -0.2) is 4.98 Å². The lowest BCUT2D eigenvalue weighted by atomic mass is 9.35. The molecule has 1 fully saturated rings. The van der Waals surface area contributed by atoms with Crippen LogP contribution < -0.4 is 22.1 Å². The number of imide groups is 1. The topological polar surface area (TPSA) is 107 Å². The summed E-state index contributed by atoms with van der Waals surface area (Å²) in [5.41, 5.74) is 3.24. The summed E-state index contributed by atoms with van der Waals surface area (Å²) in [6, 6.07) is 3.00. The smallest absolute Gasteiger partial charge is 0.263 e. The molecule has 0 bridgehead atoms. The predicted molar refractivity (Wildman–Crippen MR) is 101 cm³/mol. The van der Waals surface area contributed by atoms with Crippen molar-refractivity contribution in [2.45, 2.75) is 23.4 Å². The average Bonchev–Trinajstić information content (AvgIpc) is 2.55. The molecule has 0 aliphatic carbocycles. The number of carbonyl (C=O) groups is 2. The number of anilines is 1. The molecule has 2 aromatic rings. The summed E-state index contributed by atoms with van der Waals surface area (Å²) in [6.45, 7) is 1.44. The molecule has 0 saturated carbocycles. The summed E-state index contributed by atoms with van der Waals surface area (Å²) in [4.78, 5) is 41.8. The third kappa shape index (κ3) is 2.20. The number of rotatable bonds is 1. The minimum Gasteiger partial charge on any atom is -0.398 e. The zero-order valence-corrected chi connectivity index (χ0v) is 13.8. The van der Waals surface area contributed by atoms with Crippen molar-refractivity contribution in [1.29, 1.82) is 0 Å². The van der Waals surface area contributed by atoms with Crippen LogP contribution in [-0.2, 0) is 15.0 Å². The molecule has 2 heterocycles. The van der Waals surface area contributed by atoms with Crippen LogP contribution in [0.15, 0.2) is 16.9 Å². The van der Waals surface area contributed by atoms with E-state index in [4.69, 9.17) is 45.0 Å². The number of carbonyl (C=O) groups excluding carboxylic acids is 2. The number of piperidine rings is 1. The summed E-state index contributed by atoms with van der Waals surface area (Å²) in [6.07, 6.45) is 0. The Morgan fingerprint density at radius 1 is 1.19 bits per heavy atom. The SMILES string of the molecule is [B]c1ccc2nc(C)n(C3([B])C(=O)NC(=O)C([B])([B])C3[B])c(=O)c2c1N. The first-order valence-corrected chi connectivity index (χ1v) is 7.50. The van der Waals surface area contributed by atoms with Crippen LogP contribution in [0.3, 0.4) is 0 Å². The number of aryl methyl sites for hydroxylation is 1. The number of fused-ring (bicyclic) bond motifs is 1. The number of amides is 2. The lowest BCUT2D eigenvalue weighted by molar-refractivity contribution is -0.138. The zero-order valence-electron chi connectivity index (χ0n) is 13.8. The molecule has 3 rings (SSSR count). The summed E-state index contributed by atoms with van der Waals surface area (Å²) < 4.78 is 0.825. The second kappa shape index (κ2) is 5.56. The van der Waals surface area contributed by atoms with Crippen LogP contribution in [0.4, 0.5) is 5.69 Å². The Morgan fingerprint density at radius 3 is 2.42 bits per heavy atom. The fourth-order valence-corrected chi connectivity index (χ4v) is 3.06. The highest BCUT2D eigenvalue weighted by molar-refractivity contribution is 6.57. The van der Waals surface area contributed by atoms with E-state index in [0.29, 0.717) is 0 Å². The third-order valence-electron chi connectivity index (χ3n) is 4.62. The maximum absolute atomic E-state index is 13.1. The molecule has 10 radical (unpaired) electrons. The van der Waals surface area contributed by atoms with Gasteiger partial charge in [0.1, 0.15) is 21.5 Å². The molecule has 1 saturated heterocycles. The third-order valence-corrected chi connectivity index (χ3v) is 4.62. The van der Waals surface area contributed by atoms with Crippen molar-refractivity contribution < 1.29 is 9.59 Å².